The number of fused-ring (bicyclic) bond motifs is 2. The Kier molecular flexibility index (Phi) is 8.11. The number of hydrogen-bond donors (Lipinski definition) is 1. The van der Waals surface area contributed by atoms with Crippen molar-refractivity contribution < 1.29 is 46.7 Å². The second-order valence-electron chi connectivity index (χ2n) is 12.5. The zero-order valence-electron chi connectivity index (χ0n) is 24.8. The van der Waals surface area contributed by atoms with Crippen molar-refractivity contribution in [3.05, 3.63) is 71.3 Å². The molecular formula is C33H36F3NO7. The number of carbonyl (C=O) groups excluding carboxylic acids is 2. The zero-order chi connectivity index (χ0) is 31.3. The van der Waals surface area contributed by atoms with Crippen molar-refractivity contribution >= 4 is 17.8 Å². The molecule has 8 atom stereocenters. The van der Waals surface area contributed by atoms with E-state index in [0.717, 1.165) is 31.4 Å². The van der Waals surface area contributed by atoms with Crippen LogP contribution in [0.3, 0.4) is 0 Å². The summed E-state index contributed by atoms with van der Waals surface area (Å²) >= 11 is 0. The lowest BCUT2D eigenvalue weighted by molar-refractivity contribution is -0.571. The van der Waals surface area contributed by atoms with E-state index in [4.69, 9.17) is 24.0 Å². The van der Waals surface area contributed by atoms with Gasteiger partial charge in [-0.15, -0.1) is 0 Å². The van der Waals surface area contributed by atoms with Crippen molar-refractivity contribution in [3.63, 3.8) is 0 Å². The van der Waals surface area contributed by atoms with E-state index >= 15 is 0 Å². The predicted molar refractivity (Wildman–Crippen MR) is 152 cm³/mol. The van der Waals surface area contributed by atoms with Crippen molar-refractivity contribution in [2.75, 3.05) is 6.61 Å². The van der Waals surface area contributed by atoms with Gasteiger partial charge in [0.2, 0.25) is 5.79 Å². The Morgan fingerprint density at radius 2 is 1.73 bits per heavy atom. The Hall–Kier alpha value is -3.25. The first-order valence-electron chi connectivity index (χ1n) is 15.0. The molecule has 1 saturated carbocycles. The Labute approximate surface area is 253 Å². The molecule has 4 heterocycles. The summed E-state index contributed by atoms with van der Waals surface area (Å²) in [4.78, 5) is 37.5. The fourth-order valence-electron chi connectivity index (χ4n) is 7.19. The first-order chi connectivity index (χ1) is 20.9. The van der Waals surface area contributed by atoms with E-state index in [1.807, 2.05) is 6.92 Å². The van der Waals surface area contributed by atoms with Gasteiger partial charge in [0.25, 0.3) is 5.91 Å². The molecule has 4 aliphatic heterocycles. The van der Waals surface area contributed by atoms with Crippen molar-refractivity contribution in [1.29, 1.82) is 0 Å². The molecule has 1 aliphatic carbocycles. The summed E-state index contributed by atoms with van der Waals surface area (Å²) in [6.07, 6.45) is 0.659. The minimum atomic E-state index is -4.42. The highest BCUT2D eigenvalue weighted by Crippen LogP contribution is 2.60. The highest BCUT2D eigenvalue weighted by Gasteiger charge is 2.69. The fraction of sp³-hybridized carbons (Fsp3) is 0.515. The third-order valence-corrected chi connectivity index (χ3v) is 9.64. The second kappa shape index (κ2) is 11.6. The van der Waals surface area contributed by atoms with Crippen LogP contribution in [0.15, 0.2) is 54.6 Å². The smallest absolute Gasteiger partial charge is 0.416 e. The standard InChI is InChI=1S/C33H36F3NO7/c1-19-4-14-26-20(2)29(41-30-32(26)25(19)16-17-31(3,42-30)43-44-32)37-28(39)18-40-24-12-8-22(9-13-24)27(38)15-7-21-5-10-23(11-6-21)33(34,35)36/h5-13,15,19-20,25-26,29-30H,4,14,16-18H2,1-3H3,(H,37,39)/b15-7-/t19-,20-,25+,26+,29-,30-,31+,32-/m1/s1. The van der Waals surface area contributed by atoms with Crippen LogP contribution < -0.4 is 10.1 Å². The molecule has 1 N–H and O–H groups in total. The van der Waals surface area contributed by atoms with Crippen LogP contribution in [0.2, 0.25) is 0 Å². The van der Waals surface area contributed by atoms with Gasteiger partial charge in [-0.25, -0.2) is 9.78 Å². The fourth-order valence-corrected chi connectivity index (χ4v) is 7.19. The summed E-state index contributed by atoms with van der Waals surface area (Å²) in [7, 11) is 0. The summed E-state index contributed by atoms with van der Waals surface area (Å²) in [6, 6.07) is 10.8. The largest absolute Gasteiger partial charge is 0.484 e. The molecule has 8 nitrogen and oxygen atoms in total. The van der Waals surface area contributed by atoms with Gasteiger partial charge in [0.15, 0.2) is 24.3 Å². The van der Waals surface area contributed by atoms with Gasteiger partial charge in [0.05, 0.1) is 5.56 Å². The van der Waals surface area contributed by atoms with Crippen LogP contribution >= 0.6 is 0 Å². The molecular weight excluding hydrogens is 579 g/mol. The third kappa shape index (κ3) is 5.78. The summed E-state index contributed by atoms with van der Waals surface area (Å²) in [5.74, 6) is -0.502. The molecule has 0 radical (unpaired) electrons. The molecule has 0 unspecified atom stereocenters. The molecule has 5 fully saturated rings. The van der Waals surface area contributed by atoms with Crippen molar-refractivity contribution in [1.82, 2.24) is 5.32 Å². The van der Waals surface area contributed by atoms with E-state index in [1.165, 1.54) is 24.3 Å². The van der Waals surface area contributed by atoms with Crippen molar-refractivity contribution in [2.45, 2.75) is 76.5 Å². The quantitative estimate of drug-likeness (QED) is 0.222. The van der Waals surface area contributed by atoms with Crippen LogP contribution in [0.1, 0.15) is 67.9 Å². The van der Waals surface area contributed by atoms with Gasteiger partial charge in [-0.2, -0.15) is 13.2 Å². The molecule has 4 saturated heterocycles. The maximum Gasteiger partial charge on any atom is 0.416 e. The molecule has 1 amide bonds. The van der Waals surface area contributed by atoms with E-state index in [2.05, 4.69) is 19.2 Å². The molecule has 2 bridgehead atoms. The first-order valence-corrected chi connectivity index (χ1v) is 15.0. The van der Waals surface area contributed by atoms with Crippen LogP contribution in [0.5, 0.6) is 5.75 Å². The Morgan fingerprint density at radius 3 is 2.43 bits per heavy atom. The number of amides is 1. The van der Waals surface area contributed by atoms with E-state index < -0.39 is 35.6 Å². The van der Waals surface area contributed by atoms with E-state index in [-0.39, 0.29) is 36.1 Å². The van der Waals surface area contributed by atoms with Crippen LogP contribution in [-0.4, -0.2) is 42.2 Å². The molecule has 2 aromatic carbocycles. The van der Waals surface area contributed by atoms with Gasteiger partial charge in [-0.1, -0.05) is 32.1 Å². The predicted octanol–water partition coefficient (Wildman–Crippen LogP) is 6.30. The Bertz CT molecular complexity index is 1410. The number of carbonyl (C=O) groups is 2. The van der Waals surface area contributed by atoms with Gasteiger partial charge >= 0.3 is 6.18 Å². The number of nitrogens with one attached hydrogen (secondary N) is 1. The number of benzene rings is 2. The number of halogens is 3. The molecule has 11 heteroatoms. The highest BCUT2D eigenvalue weighted by atomic mass is 19.4. The summed E-state index contributed by atoms with van der Waals surface area (Å²) < 4.78 is 56.6. The Morgan fingerprint density at radius 1 is 1.00 bits per heavy atom. The minimum Gasteiger partial charge on any atom is -0.484 e. The topological polar surface area (TPSA) is 92.3 Å². The first kappa shape index (κ1) is 30.8. The van der Waals surface area contributed by atoms with E-state index in [1.54, 1.807) is 24.3 Å². The van der Waals surface area contributed by atoms with Crippen LogP contribution in [0.4, 0.5) is 13.2 Å². The van der Waals surface area contributed by atoms with Crippen molar-refractivity contribution in [3.8, 4) is 5.75 Å². The second-order valence-corrected chi connectivity index (χ2v) is 12.5. The SMILES string of the molecule is C[C@H]1[C@H](NC(=O)COc2ccc(C(=O)/C=C\c3ccc(C(F)(F)F)cc3)cc2)O[C@@H]2O[C@]3(C)CC[C@H]4[C@H](C)CC[C@@H]1[C@@]24OO3. The lowest BCUT2D eigenvalue weighted by atomic mass is 9.58. The highest BCUT2D eigenvalue weighted by molar-refractivity contribution is 6.06. The van der Waals surface area contributed by atoms with Crippen LogP contribution in [0, 0.1) is 23.7 Å². The van der Waals surface area contributed by atoms with Gasteiger partial charge < -0.3 is 19.5 Å². The number of ether oxygens (including phenoxy) is 3. The van der Waals surface area contributed by atoms with Gasteiger partial charge in [-0.3, -0.25) is 9.59 Å². The monoisotopic (exact) mass is 615 g/mol. The minimum absolute atomic E-state index is 0.0548. The molecule has 44 heavy (non-hydrogen) atoms. The molecule has 1 spiro atoms. The normalized spacial score (nSPS) is 34.7. The average Bonchev–Trinajstić information content (AvgIpc) is 3.23. The van der Waals surface area contributed by atoms with Crippen LogP contribution in [0.25, 0.3) is 6.08 Å². The molecule has 5 aliphatic rings. The van der Waals surface area contributed by atoms with Gasteiger partial charge in [0.1, 0.15) is 12.0 Å². The van der Waals surface area contributed by atoms with Gasteiger partial charge in [0, 0.05) is 23.8 Å². The molecule has 236 valence electrons. The van der Waals surface area contributed by atoms with E-state index in [0.29, 0.717) is 29.2 Å². The lowest BCUT2D eigenvalue weighted by Crippen LogP contribution is -2.72. The molecule has 2 aromatic rings. The third-order valence-electron chi connectivity index (χ3n) is 9.64. The van der Waals surface area contributed by atoms with Gasteiger partial charge in [-0.05, 0) is 86.1 Å². The van der Waals surface area contributed by atoms with Crippen LogP contribution in [-0.2, 0) is 30.2 Å². The maximum absolute atomic E-state index is 12.9. The Balaban J connectivity index is 1.04. The zero-order valence-corrected chi connectivity index (χ0v) is 24.8. The average molecular weight is 616 g/mol. The number of hydrogen-bond acceptors (Lipinski definition) is 7. The van der Waals surface area contributed by atoms with E-state index in [9.17, 15) is 22.8 Å². The summed E-state index contributed by atoms with van der Waals surface area (Å²) in [5, 5.41) is 2.96. The number of allylic oxidation sites excluding steroid dienone is 1. The molecule has 0 aromatic heterocycles. The summed E-state index contributed by atoms with van der Waals surface area (Å²) in [5.41, 5.74) is -0.636. The number of alkyl halides is 3. The molecule has 7 rings (SSSR count). The maximum atomic E-state index is 12.9. The number of rotatable bonds is 7. The summed E-state index contributed by atoms with van der Waals surface area (Å²) in [6.45, 7) is 5.90. The lowest BCUT2D eigenvalue weighted by Gasteiger charge is -2.60. The van der Waals surface area contributed by atoms with Crippen molar-refractivity contribution in [2.24, 2.45) is 23.7 Å². The number of ketones is 1.